The molecule has 0 aliphatic heterocycles. The summed E-state index contributed by atoms with van der Waals surface area (Å²) >= 11 is 0. The van der Waals surface area contributed by atoms with Gasteiger partial charge in [-0.15, -0.1) is 0 Å². The maximum atomic E-state index is 13.9. The van der Waals surface area contributed by atoms with Gasteiger partial charge in [-0.1, -0.05) is 18.9 Å². The highest BCUT2D eigenvalue weighted by Gasteiger charge is 2.24. The zero-order valence-corrected chi connectivity index (χ0v) is 13.3. The van der Waals surface area contributed by atoms with Crippen molar-refractivity contribution < 1.29 is 8.78 Å². The fourth-order valence-corrected chi connectivity index (χ4v) is 4.22. The Bertz CT molecular complexity index is 474. The first kappa shape index (κ1) is 15.9. The highest BCUT2D eigenvalue weighted by molar-refractivity contribution is 5.23. The molecule has 1 aromatic carbocycles. The Hall–Kier alpha value is -0.960. The molecule has 122 valence electrons. The van der Waals surface area contributed by atoms with Crippen molar-refractivity contribution in [2.45, 2.75) is 69.7 Å². The lowest BCUT2D eigenvalue weighted by Gasteiger charge is -2.29. The number of halogens is 2. The SMILES string of the molecule is Fc1ccc(C2CCC(CCNC3CCCC3)CC2)c(F)c1. The van der Waals surface area contributed by atoms with E-state index in [1.165, 1.54) is 51.0 Å². The van der Waals surface area contributed by atoms with Crippen molar-refractivity contribution in [3.05, 3.63) is 35.4 Å². The molecule has 0 heterocycles. The Morgan fingerprint density at radius 3 is 2.36 bits per heavy atom. The Labute approximate surface area is 132 Å². The summed E-state index contributed by atoms with van der Waals surface area (Å²) in [6.07, 6.45) is 11.1. The van der Waals surface area contributed by atoms with Crippen molar-refractivity contribution in [2.75, 3.05) is 6.54 Å². The average Bonchev–Trinajstić information content (AvgIpc) is 3.02. The Kier molecular flexibility index (Phi) is 5.46. The molecule has 1 aromatic rings. The first-order valence-electron chi connectivity index (χ1n) is 8.90. The van der Waals surface area contributed by atoms with Crippen molar-refractivity contribution in [1.82, 2.24) is 5.32 Å². The molecule has 0 unspecified atom stereocenters. The van der Waals surface area contributed by atoms with Gasteiger partial charge in [0.2, 0.25) is 0 Å². The molecule has 0 atom stereocenters. The van der Waals surface area contributed by atoms with Crippen LogP contribution in [0.5, 0.6) is 0 Å². The third-order valence-electron chi connectivity index (χ3n) is 5.59. The molecule has 1 N–H and O–H groups in total. The van der Waals surface area contributed by atoms with Gasteiger partial charge in [-0.2, -0.15) is 0 Å². The maximum absolute atomic E-state index is 13.9. The molecule has 3 rings (SSSR count). The molecule has 0 radical (unpaired) electrons. The smallest absolute Gasteiger partial charge is 0.129 e. The van der Waals surface area contributed by atoms with Crippen LogP contribution in [0.15, 0.2) is 18.2 Å². The van der Waals surface area contributed by atoms with Crippen molar-refractivity contribution in [3.63, 3.8) is 0 Å². The molecule has 3 heteroatoms. The lowest BCUT2D eigenvalue weighted by Crippen LogP contribution is -2.28. The number of nitrogens with one attached hydrogen (secondary N) is 1. The minimum atomic E-state index is -0.479. The molecule has 1 nitrogen and oxygen atoms in total. The summed E-state index contributed by atoms with van der Waals surface area (Å²) in [5.74, 6) is 0.201. The second-order valence-electron chi connectivity index (χ2n) is 7.11. The van der Waals surface area contributed by atoms with Crippen LogP contribution in [0.4, 0.5) is 8.78 Å². The Morgan fingerprint density at radius 2 is 1.68 bits per heavy atom. The second-order valence-corrected chi connectivity index (χ2v) is 7.11. The predicted molar refractivity (Wildman–Crippen MR) is 85.9 cm³/mol. The molecule has 2 saturated carbocycles. The number of benzene rings is 1. The van der Waals surface area contributed by atoms with E-state index in [0.717, 1.165) is 37.4 Å². The van der Waals surface area contributed by atoms with E-state index in [0.29, 0.717) is 5.56 Å². The number of hydrogen-bond acceptors (Lipinski definition) is 1. The van der Waals surface area contributed by atoms with Crippen molar-refractivity contribution in [3.8, 4) is 0 Å². The summed E-state index contributed by atoms with van der Waals surface area (Å²) in [4.78, 5) is 0. The van der Waals surface area contributed by atoms with Crippen LogP contribution in [0.2, 0.25) is 0 Å². The van der Waals surface area contributed by atoms with Gasteiger partial charge in [0.05, 0.1) is 0 Å². The first-order chi connectivity index (χ1) is 10.7. The lowest BCUT2D eigenvalue weighted by atomic mass is 9.77. The zero-order valence-electron chi connectivity index (χ0n) is 13.3. The quantitative estimate of drug-likeness (QED) is 0.792. The molecule has 22 heavy (non-hydrogen) atoms. The fraction of sp³-hybridized carbons (Fsp3) is 0.684. The summed E-state index contributed by atoms with van der Waals surface area (Å²) in [6, 6.07) is 4.80. The van der Waals surface area contributed by atoms with Gasteiger partial charge in [-0.25, -0.2) is 8.78 Å². The van der Waals surface area contributed by atoms with Crippen molar-refractivity contribution in [1.29, 1.82) is 0 Å². The van der Waals surface area contributed by atoms with Gasteiger partial charge in [0.15, 0.2) is 0 Å². The molecule has 0 spiro atoms. The monoisotopic (exact) mass is 307 g/mol. The molecule has 0 saturated heterocycles. The number of rotatable bonds is 5. The van der Waals surface area contributed by atoms with Gasteiger partial charge >= 0.3 is 0 Å². The van der Waals surface area contributed by atoms with Gasteiger partial charge in [0.25, 0.3) is 0 Å². The van der Waals surface area contributed by atoms with Crippen LogP contribution in [-0.4, -0.2) is 12.6 Å². The minimum absolute atomic E-state index is 0.277. The van der Waals surface area contributed by atoms with E-state index in [1.807, 2.05) is 0 Å². The van der Waals surface area contributed by atoms with Crippen LogP contribution in [0, 0.1) is 17.6 Å². The van der Waals surface area contributed by atoms with Gasteiger partial charge in [-0.3, -0.25) is 0 Å². The van der Waals surface area contributed by atoms with Gasteiger partial charge < -0.3 is 5.32 Å². The fourth-order valence-electron chi connectivity index (χ4n) is 4.22. The third-order valence-corrected chi connectivity index (χ3v) is 5.59. The van der Waals surface area contributed by atoms with E-state index >= 15 is 0 Å². The topological polar surface area (TPSA) is 12.0 Å². The first-order valence-corrected chi connectivity index (χ1v) is 8.90. The molecule has 2 aliphatic carbocycles. The summed E-state index contributed by atoms with van der Waals surface area (Å²) in [7, 11) is 0. The van der Waals surface area contributed by atoms with Gasteiger partial charge in [0.1, 0.15) is 11.6 Å². The molecular formula is C19H27F2N. The van der Waals surface area contributed by atoms with E-state index in [1.54, 1.807) is 6.07 Å². The van der Waals surface area contributed by atoms with Crippen LogP contribution in [0.3, 0.4) is 0 Å². The maximum Gasteiger partial charge on any atom is 0.129 e. The normalized spacial score (nSPS) is 26.5. The minimum Gasteiger partial charge on any atom is -0.314 e. The molecule has 2 aliphatic rings. The van der Waals surface area contributed by atoms with Crippen LogP contribution in [0.25, 0.3) is 0 Å². The standard InChI is InChI=1S/C19H27F2N/c20-16-9-10-18(19(21)13-16)15-7-5-14(6-8-15)11-12-22-17-3-1-2-4-17/h9-10,13-15,17,22H,1-8,11-12H2. The third kappa shape index (κ3) is 4.07. The molecule has 2 fully saturated rings. The average molecular weight is 307 g/mol. The zero-order chi connectivity index (χ0) is 15.4. The van der Waals surface area contributed by atoms with E-state index < -0.39 is 5.82 Å². The van der Waals surface area contributed by atoms with E-state index in [2.05, 4.69) is 5.32 Å². The second kappa shape index (κ2) is 7.54. The largest absolute Gasteiger partial charge is 0.314 e. The Morgan fingerprint density at radius 1 is 0.955 bits per heavy atom. The van der Waals surface area contributed by atoms with Crippen LogP contribution >= 0.6 is 0 Å². The molecule has 0 aromatic heterocycles. The molecular weight excluding hydrogens is 280 g/mol. The van der Waals surface area contributed by atoms with E-state index in [4.69, 9.17) is 0 Å². The van der Waals surface area contributed by atoms with E-state index in [-0.39, 0.29) is 11.7 Å². The van der Waals surface area contributed by atoms with Crippen LogP contribution in [-0.2, 0) is 0 Å². The van der Waals surface area contributed by atoms with Crippen molar-refractivity contribution >= 4 is 0 Å². The molecule has 0 amide bonds. The summed E-state index contributed by atoms with van der Waals surface area (Å²) in [6.45, 7) is 1.13. The summed E-state index contributed by atoms with van der Waals surface area (Å²) < 4.78 is 26.9. The summed E-state index contributed by atoms with van der Waals surface area (Å²) in [5.41, 5.74) is 0.712. The van der Waals surface area contributed by atoms with Gasteiger partial charge in [-0.05, 0) is 75.0 Å². The summed E-state index contributed by atoms with van der Waals surface area (Å²) in [5, 5.41) is 3.69. The van der Waals surface area contributed by atoms with Gasteiger partial charge in [0, 0.05) is 12.1 Å². The highest BCUT2D eigenvalue weighted by Crippen LogP contribution is 2.38. The van der Waals surface area contributed by atoms with E-state index in [9.17, 15) is 8.78 Å². The molecule has 0 bridgehead atoms. The Balaban J connectivity index is 1.42. The predicted octanol–water partition coefficient (Wildman–Crippen LogP) is 5.16. The van der Waals surface area contributed by atoms with Crippen LogP contribution in [0.1, 0.15) is 69.3 Å². The lowest BCUT2D eigenvalue weighted by molar-refractivity contribution is 0.299. The number of hydrogen-bond donors (Lipinski definition) is 1. The van der Waals surface area contributed by atoms with Crippen LogP contribution < -0.4 is 5.32 Å². The highest BCUT2D eigenvalue weighted by atomic mass is 19.1. The van der Waals surface area contributed by atoms with Crippen molar-refractivity contribution in [2.24, 2.45) is 5.92 Å².